The number of hydrogen-bond acceptors (Lipinski definition) is 3. The van der Waals surface area contributed by atoms with Crippen molar-refractivity contribution >= 4 is 5.69 Å². The molecule has 2 rings (SSSR count). The van der Waals surface area contributed by atoms with Crippen LogP contribution >= 0.6 is 0 Å². The van der Waals surface area contributed by atoms with Crippen molar-refractivity contribution in [2.75, 3.05) is 31.7 Å². The van der Waals surface area contributed by atoms with Crippen LogP contribution in [0.25, 0.3) is 0 Å². The van der Waals surface area contributed by atoms with E-state index in [1.54, 1.807) is 19.2 Å². The number of anilines is 1. The van der Waals surface area contributed by atoms with E-state index < -0.39 is 11.7 Å². The van der Waals surface area contributed by atoms with Gasteiger partial charge in [0.05, 0.1) is 12.2 Å². The number of ether oxygens (including phenoxy) is 1. The summed E-state index contributed by atoms with van der Waals surface area (Å²) in [4.78, 5) is 1.82. The Kier molecular flexibility index (Phi) is 5.11. The summed E-state index contributed by atoms with van der Waals surface area (Å²) in [5.41, 5.74) is 5.73. The van der Waals surface area contributed by atoms with E-state index in [-0.39, 0.29) is 11.7 Å². The van der Waals surface area contributed by atoms with Gasteiger partial charge in [-0.1, -0.05) is 6.07 Å². The van der Waals surface area contributed by atoms with Crippen molar-refractivity contribution in [1.29, 1.82) is 0 Å². The van der Waals surface area contributed by atoms with Gasteiger partial charge < -0.3 is 15.4 Å². The molecule has 1 aromatic rings. The second-order valence-corrected chi connectivity index (χ2v) is 5.31. The molecule has 118 valence electrons. The first kappa shape index (κ1) is 16.1. The number of hydrogen-bond donors (Lipinski definition) is 1. The van der Waals surface area contributed by atoms with Gasteiger partial charge in [0.1, 0.15) is 0 Å². The van der Waals surface area contributed by atoms with E-state index in [4.69, 9.17) is 10.5 Å². The summed E-state index contributed by atoms with van der Waals surface area (Å²) >= 11 is 0. The second kappa shape index (κ2) is 6.66. The average molecular weight is 302 g/mol. The molecule has 0 aliphatic heterocycles. The summed E-state index contributed by atoms with van der Waals surface area (Å²) in [6.07, 6.45) is -2.04. The Balaban J connectivity index is 2.35. The lowest BCUT2D eigenvalue weighted by molar-refractivity contribution is -0.137. The highest BCUT2D eigenvalue weighted by atomic mass is 19.4. The molecule has 0 spiro atoms. The zero-order chi connectivity index (χ0) is 15.5. The van der Waals surface area contributed by atoms with Crippen molar-refractivity contribution in [1.82, 2.24) is 0 Å². The predicted octanol–water partition coefficient (Wildman–Crippen LogP) is 2.82. The first-order valence-corrected chi connectivity index (χ1v) is 7.13. The maximum Gasteiger partial charge on any atom is 0.418 e. The van der Waals surface area contributed by atoms with Crippen LogP contribution in [0.15, 0.2) is 18.2 Å². The molecule has 1 aliphatic rings. The van der Waals surface area contributed by atoms with Gasteiger partial charge in [-0.3, -0.25) is 0 Å². The molecule has 6 heteroatoms. The predicted molar refractivity (Wildman–Crippen MR) is 76.4 cm³/mol. The van der Waals surface area contributed by atoms with Gasteiger partial charge in [-0.25, -0.2) is 0 Å². The molecular weight excluding hydrogens is 281 g/mol. The number of alkyl halides is 3. The summed E-state index contributed by atoms with van der Waals surface area (Å²) in [5, 5.41) is 0. The van der Waals surface area contributed by atoms with Crippen LogP contribution in [-0.4, -0.2) is 32.8 Å². The van der Waals surface area contributed by atoms with Crippen molar-refractivity contribution in [2.45, 2.75) is 31.5 Å². The highest BCUT2D eigenvalue weighted by Crippen LogP contribution is 2.41. The fraction of sp³-hybridized carbons (Fsp3) is 0.600. The molecule has 21 heavy (non-hydrogen) atoms. The molecule has 0 heterocycles. The number of benzene rings is 1. The van der Waals surface area contributed by atoms with E-state index in [2.05, 4.69) is 0 Å². The molecule has 0 bridgehead atoms. The van der Waals surface area contributed by atoms with Gasteiger partial charge in [0, 0.05) is 25.4 Å². The molecule has 2 N–H and O–H groups in total. The quantitative estimate of drug-likeness (QED) is 0.842. The van der Waals surface area contributed by atoms with Crippen LogP contribution in [0.2, 0.25) is 0 Å². The lowest BCUT2D eigenvalue weighted by Gasteiger charge is -2.28. The maximum absolute atomic E-state index is 13.3. The SMILES string of the molecule is COCCN(c1ccc(CCN)cc1C(F)(F)F)C1CC1. The van der Waals surface area contributed by atoms with Gasteiger partial charge >= 0.3 is 6.18 Å². The Labute approximate surface area is 122 Å². The molecule has 1 saturated carbocycles. The van der Waals surface area contributed by atoms with Crippen LogP contribution in [-0.2, 0) is 17.3 Å². The van der Waals surface area contributed by atoms with Crippen molar-refractivity contribution < 1.29 is 17.9 Å². The smallest absolute Gasteiger partial charge is 0.383 e. The Morgan fingerprint density at radius 1 is 1.33 bits per heavy atom. The molecule has 0 aromatic heterocycles. The molecule has 0 atom stereocenters. The summed E-state index contributed by atoms with van der Waals surface area (Å²) < 4.78 is 45.1. The van der Waals surface area contributed by atoms with Crippen molar-refractivity contribution in [3.05, 3.63) is 29.3 Å². The number of methoxy groups -OCH3 is 1. The van der Waals surface area contributed by atoms with Crippen LogP contribution in [0.5, 0.6) is 0 Å². The lowest BCUT2D eigenvalue weighted by atomic mass is 10.0. The second-order valence-electron chi connectivity index (χ2n) is 5.31. The molecule has 0 radical (unpaired) electrons. The van der Waals surface area contributed by atoms with Crippen LogP contribution in [0.4, 0.5) is 18.9 Å². The topological polar surface area (TPSA) is 38.5 Å². The van der Waals surface area contributed by atoms with E-state index in [0.29, 0.717) is 31.7 Å². The molecule has 1 aromatic carbocycles. The fourth-order valence-electron chi connectivity index (χ4n) is 2.46. The number of halogens is 3. The first-order chi connectivity index (χ1) is 9.97. The van der Waals surface area contributed by atoms with Crippen LogP contribution in [0, 0.1) is 0 Å². The Morgan fingerprint density at radius 2 is 2.05 bits per heavy atom. The Bertz CT molecular complexity index is 472. The summed E-state index contributed by atoms with van der Waals surface area (Å²) in [6, 6.07) is 4.73. The van der Waals surface area contributed by atoms with Crippen LogP contribution in [0.3, 0.4) is 0 Å². The van der Waals surface area contributed by atoms with E-state index in [1.165, 1.54) is 6.07 Å². The minimum atomic E-state index is -4.36. The van der Waals surface area contributed by atoms with E-state index in [9.17, 15) is 13.2 Å². The highest BCUT2D eigenvalue weighted by molar-refractivity contribution is 5.58. The van der Waals surface area contributed by atoms with Gasteiger partial charge in [0.25, 0.3) is 0 Å². The average Bonchev–Trinajstić information content (AvgIpc) is 3.24. The highest BCUT2D eigenvalue weighted by Gasteiger charge is 2.38. The summed E-state index contributed by atoms with van der Waals surface area (Å²) in [6.45, 7) is 1.23. The Hall–Kier alpha value is -1.27. The third-order valence-electron chi connectivity index (χ3n) is 3.63. The van der Waals surface area contributed by atoms with Gasteiger partial charge in [0.2, 0.25) is 0 Å². The zero-order valence-electron chi connectivity index (χ0n) is 12.1. The Morgan fingerprint density at radius 3 is 2.57 bits per heavy atom. The fourth-order valence-corrected chi connectivity index (χ4v) is 2.46. The summed E-state index contributed by atoms with van der Waals surface area (Å²) in [5.74, 6) is 0. The third-order valence-corrected chi connectivity index (χ3v) is 3.63. The van der Waals surface area contributed by atoms with E-state index in [0.717, 1.165) is 12.8 Å². The van der Waals surface area contributed by atoms with Gasteiger partial charge in [-0.15, -0.1) is 0 Å². The van der Waals surface area contributed by atoms with Crippen LogP contribution < -0.4 is 10.6 Å². The van der Waals surface area contributed by atoms with Gasteiger partial charge in [0.15, 0.2) is 0 Å². The monoisotopic (exact) mass is 302 g/mol. The standard InChI is InChI=1S/C15H21F3N2O/c1-21-9-8-20(12-3-4-12)14-5-2-11(6-7-19)10-13(14)15(16,17)18/h2,5,10,12H,3-4,6-9,19H2,1H3. The molecule has 0 saturated heterocycles. The largest absolute Gasteiger partial charge is 0.418 e. The van der Waals surface area contributed by atoms with E-state index >= 15 is 0 Å². The normalized spacial score (nSPS) is 15.3. The number of rotatable bonds is 7. The van der Waals surface area contributed by atoms with Crippen LogP contribution in [0.1, 0.15) is 24.0 Å². The number of nitrogens with zero attached hydrogens (tertiary/aromatic N) is 1. The minimum absolute atomic E-state index is 0.196. The third kappa shape index (κ3) is 4.11. The molecule has 3 nitrogen and oxygen atoms in total. The van der Waals surface area contributed by atoms with Crippen molar-refractivity contribution in [3.8, 4) is 0 Å². The minimum Gasteiger partial charge on any atom is -0.383 e. The molecule has 0 amide bonds. The van der Waals surface area contributed by atoms with Gasteiger partial charge in [-0.2, -0.15) is 13.2 Å². The van der Waals surface area contributed by atoms with E-state index in [1.807, 2.05) is 4.90 Å². The number of nitrogens with two attached hydrogens (primary N) is 1. The maximum atomic E-state index is 13.3. The van der Waals surface area contributed by atoms with Crippen molar-refractivity contribution in [2.24, 2.45) is 5.73 Å². The van der Waals surface area contributed by atoms with Crippen molar-refractivity contribution in [3.63, 3.8) is 0 Å². The lowest BCUT2D eigenvalue weighted by Crippen LogP contribution is -2.31. The zero-order valence-corrected chi connectivity index (χ0v) is 12.1. The molecule has 1 fully saturated rings. The molecule has 1 aliphatic carbocycles. The molecular formula is C15H21F3N2O. The first-order valence-electron chi connectivity index (χ1n) is 7.13. The van der Waals surface area contributed by atoms with Gasteiger partial charge in [-0.05, 0) is 43.5 Å². The molecule has 0 unspecified atom stereocenters. The summed E-state index contributed by atoms with van der Waals surface area (Å²) in [7, 11) is 1.56.